The van der Waals surface area contributed by atoms with Crippen molar-refractivity contribution < 1.29 is 23.1 Å². The summed E-state index contributed by atoms with van der Waals surface area (Å²) in [4.78, 5) is 14.4. The van der Waals surface area contributed by atoms with Crippen LogP contribution in [-0.4, -0.2) is 52.3 Å². The topological polar surface area (TPSA) is 45.5 Å². The van der Waals surface area contributed by atoms with Gasteiger partial charge in [0.05, 0.1) is 13.2 Å². The number of aliphatic hydroxyl groups excluding tert-OH is 1. The number of hydrogen-bond donors (Lipinski definition) is 1. The third kappa shape index (κ3) is 4.35. The number of hydrogen-bond acceptors (Lipinski definition) is 3. The van der Waals surface area contributed by atoms with Crippen LogP contribution in [0.3, 0.4) is 0 Å². The van der Waals surface area contributed by atoms with Crippen LogP contribution in [0.1, 0.15) is 41.0 Å². The first-order valence-electron chi connectivity index (χ1n) is 7.84. The van der Waals surface area contributed by atoms with Crippen molar-refractivity contribution >= 4 is 5.78 Å². The number of alkyl halides is 3. The summed E-state index contributed by atoms with van der Waals surface area (Å²) >= 11 is 0. The van der Waals surface area contributed by atoms with E-state index in [-0.39, 0.29) is 25.0 Å². The van der Waals surface area contributed by atoms with Crippen LogP contribution >= 0.6 is 0 Å². The Hall–Kier alpha value is -1.34. The van der Waals surface area contributed by atoms with E-state index >= 15 is 0 Å². The summed E-state index contributed by atoms with van der Waals surface area (Å²) in [5.41, 5.74) is 1.12. The first kappa shape index (κ1) is 18.0. The Kier molecular flexibility index (Phi) is 5.52. The van der Waals surface area contributed by atoms with Gasteiger partial charge in [0.2, 0.25) is 0 Å². The minimum atomic E-state index is -4.32. The molecule has 7 heteroatoms. The van der Waals surface area contributed by atoms with E-state index in [1.165, 1.54) is 6.07 Å². The van der Waals surface area contributed by atoms with Crippen LogP contribution in [0.5, 0.6) is 0 Å². The van der Waals surface area contributed by atoms with Gasteiger partial charge in [-0.1, -0.05) is 6.42 Å². The van der Waals surface area contributed by atoms with E-state index in [0.717, 1.165) is 30.4 Å². The van der Waals surface area contributed by atoms with Gasteiger partial charge in [-0.3, -0.25) is 9.69 Å². The van der Waals surface area contributed by atoms with E-state index in [9.17, 15) is 23.1 Å². The Morgan fingerprint density at radius 3 is 2.65 bits per heavy atom. The molecule has 1 fully saturated rings. The Morgan fingerprint density at radius 2 is 2.04 bits per heavy atom. The van der Waals surface area contributed by atoms with Gasteiger partial charge >= 0.3 is 6.18 Å². The van der Waals surface area contributed by atoms with E-state index in [4.69, 9.17) is 0 Å². The van der Waals surface area contributed by atoms with Crippen LogP contribution in [0.15, 0.2) is 6.07 Å². The Labute approximate surface area is 133 Å². The number of rotatable bonds is 5. The number of carbonyl (C=O) groups is 1. The lowest BCUT2D eigenvalue weighted by Gasteiger charge is -2.33. The molecule has 4 nitrogen and oxygen atoms in total. The molecule has 0 aliphatic carbocycles. The summed E-state index contributed by atoms with van der Waals surface area (Å²) in [6, 6.07) is 1.49. The van der Waals surface area contributed by atoms with Gasteiger partial charge in [-0.15, -0.1) is 0 Å². The maximum atomic E-state index is 12.6. The van der Waals surface area contributed by atoms with Gasteiger partial charge in [-0.05, 0) is 39.3 Å². The largest absolute Gasteiger partial charge is 0.406 e. The second kappa shape index (κ2) is 7.05. The molecular formula is C16H23F3N2O2. The highest BCUT2D eigenvalue weighted by Gasteiger charge is 2.31. The lowest BCUT2D eigenvalue weighted by Crippen LogP contribution is -2.44. The first-order chi connectivity index (χ1) is 10.7. The van der Waals surface area contributed by atoms with Crippen LogP contribution in [0.25, 0.3) is 0 Å². The van der Waals surface area contributed by atoms with E-state index in [0.29, 0.717) is 17.0 Å². The van der Waals surface area contributed by atoms with Crippen LogP contribution in [0.4, 0.5) is 13.2 Å². The summed E-state index contributed by atoms with van der Waals surface area (Å²) in [6.45, 7) is 2.92. The van der Waals surface area contributed by atoms with E-state index in [1.54, 1.807) is 13.8 Å². The molecule has 2 heterocycles. The van der Waals surface area contributed by atoms with Gasteiger partial charge in [0.15, 0.2) is 5.78 Å². The van der Waals surface area contributed by atoms with Crippen molar-refractivity contribution in [1.29, 1.82) is 0 Å². The molecule has 0 aromatic carbocycles. The lowest BCUT2D eigenvalue weighted by molar-refractivity contribution is -0.141. The number of ketones is 1. The third-order valence-corrected chi connectivity index (χ3v) is 4.52. The molecule has 1 aliphatic rings. The van der Waals surface area contributed by atoms with E-state index in [2.05, 4.69) is 0 Å². The molecule has 1 aromatic rings. The fourth-order valence-electron chi connectivity index (χ4n) is 3.25. The van der Waals surface area contributed by atoms with Crippen LogP contribution < -0.4 is 0 Å². The molecule has 23 heavy (non-hydrogen) atoms. The molecule has 1 saturated heterocycles. The van der Waals surface area contributed by atoms with Crippen molar-refractivity contribution in [2.75, 3.05) is 19.7 Å². The molecule has 130 valence electrons. The zero-order valence-electron chi connectivity index (χ0n) is 13.5. The van der Waals surface area contributed by atoms with Gasteiger partial charge in [-0.2, -0.15) is 13.2 Å². The van der Waals surface area contributed by atoms with Crippen molar-refractivity contribution in [1.82, 2.24) is 9.47 Å². The highest BCUT2D eigenvalue weighted by molar-refractivity contribution is 5.99. The highest BCUT2D eigenvalue weighted by Crippen LogP contribution is 2.24. The normalized spacial score (nSPS) is 20.0. The second-order valence-electron chi connectivity index (χ2n) is 6.21. The van der Waals surface area contributed by atoms with Gasteiger partial charge < -0.3 is 9.67 Å². The lowest BCUT2D eigenvalue weighted by atomic mass is 10.0. The van der Waals surface area contributed by atoms with Crippen molar-refractivity contribution in [2.24, 2.45) is 0 Å². The van der Waals surface area contributed by atoms with Crippen molar-refractivity contribution in [3.8, 4) is 0 Å². The van der Waals surface area contributed by atoms with Crippen LogP contribution in [-0.2, 0) is 6.54 Å². The molecule has 1 atom stereocenters. The minimum Gasteiger partial charge on any atom is -0.395 e. The predicted octanol–water partition coefficient (Wildman–Crippen LogP) is 2.70. The molecule has 1 aliphatic heterocycles. The summed E-state index contributed by atoms with van der Waals surface area (Å²) in [6.07, 6.45) is -1.48. The van der Waals surface area contributed by atoms with Crippen LogP contribution in [0.2, 0.25) is 0 Å². The number of carbonyl (C=O) groups excluding carboxylic acids is 1. The Balaban J connectivity index is 2.15. The highest BCUT2D eigenvalue weighted by atomic mass is 19.4. The average Bonchev–Trinajstić information content (AvgIpc) is 2.74. The number of aryl methyl sites for hydroxylation is 1. The number of Topliss-reactive ketones (excluding diaryl/α,β-unsaturated/α-hetero) is 1. The third-order valence-electron chi connectivity index (χ3n) is 4.52. The monoisotopic (exact) mass is 332 g/mol. The molecule has 0 saturated carbocycles. The maximum Gasteiger partial charge on any atom is 0.406 e. The fourth-order valence-corrected chi connectivity index (χ4v) is 3.25. The molecule has 0 bridgehead atoms. The zero-order chi connectivity index (χ0) is 17.2. The molecule has 1 N–H and O–H groups in total. The maximum absolute atomic E-state index is 12.6. The fraction of sp³-hybridized carbons (Fsp3) is 0.688. The molecule has 0 amide bonds. The minimum absolute atomic E-state index is 0.000373. The summed E-state index contributed by atoms with van der Waals surface area (Å²) in [5, 5.41) is 9.39. The van der Waals surface area contributed by atoms with Gasteiger partial charge in [0.1, 0.15) is 6.54 Å². The molecule has 2 rings (SSSR count). The SMILES string of the molecule is Cc1cc(C(=O)CN2CCCCC2CO)c(C)n1CC(F)(F)F. The smallest absolute Gasteiger partial charge is 0.395 e. The summed E-state index contributed by atoms with van der Waals surface area (Å²) in [7, 11) is 0. The Bertz CT molecular complexity index is 566. The predicted molar refractivity (Wildman–Crippen MR) is 80.6 cm³/mol. The first-order valence-corrected chi connectivity index (χ1v) is 7.84. The number of halogens is 3. The van der Waals surface area contributed by atoms with Gasteiger partial charge in [-0.25, -0.2) is 0 Å². The summed E-state index contributed by atoms with van der Waals surface area (Å²) in [5.74, 6) is -0.188. The number of likely N-dealkylation sites (tertiary alicyclic amines) is 1. The molecule has 1 unspecified atom stereocenters. The summed E-state index contributed by atoms with van der Waals surface area (Å²) < 4.78 is 39.1. The molecule has 0 radical (unpaired) electrons. The van der Waals surface area contributed by atoms with Crippen molar-refractivity contribution in [3.63, 3.8) is 0 Å². The van der Waals surface area contributed by atoms with E-state index in [1.807, 2.05) is 4.90 Å². The van der Waals surface area contributed by atoms with Crippen LogP contribution in [0, 0.1) is 13.8 Å². The van der Waals surface area contributed by atoms with E-state index < -0.39 is 12.7 Å². The second-order valence-corrected chi connectivity index (χ2v) is 6.21. The number of aliphatic hydroxyl groups is 1. The molecule has 1 aromatic heterocycles. The standard InChI is InChI=1S/C16H23F3N2O2/c1-11-7-14(12(2)21(11)10-16(17,18)19)15(23)8-20-6-4-3-5-13(20)9-22/h7,13,22H,3-6,8-10H2,1-2H3. The number of nitrogens with zero attached hydrogens (tertiary/aromatic N) is 2. The van der Waals surface area contributed by atoms with Crippen molar-refractivity contribution in [2.45, 2.75) is 51.9 Å². The zero-order valence-corrected chi connectivity index (χ0v) is 13.5. The molecular weight excluding hydrogens is 309 g/mol. The molecule has 0 spiro atoms. The van der Waals surface area contributed by atoms with Crippen molar-refractivity contribution in [3.05, 3.63) is 23.0 Å². The Morgan fingerprint density at radius 1 is 1.35 bits per heavy atom. The number of piperidine rings is 1. The van der Waals surface area contributed by atoms with Gasteiger partial charge in [0, 0.05) is 23.0 Å². The average molecular weight is 332 g/mol. The number of aromatic nitrogens is 1. The van der Waals surface area contributed by atoms with Gasteiger partial charge in [0.25, 0.3) is 0 Å². The quantitative estimate of drug-likeness (QED) is 0.843.